The number of anilines is 1. The van der Waals surface area contributed by atoms with Crippen LogP contribution in [0.4, 0.5) is 5.69 Å². The van der Waals surface area contributed by atoms with Crippen molar-refractivity contribution >= 4 is 17.5 Å². The van der Waals surface area contributed by atoms with Gasteiger partial charge in [0.15, 0.2) is 0 Å². The van der Waals surface area contributed by atoms with Crippen molar-refractivity contribution in [2.75, 3.05) is 32.4 Å². The molecule has 7 nitrogen and oxygen atoms in total. The standard InChI is InChI=1S/C16H22N2O5/c1-11(20)17(10-18-12(9-19)4-7-16(18)21)14-8-13(22-2)5-6-15(14)23-3/h5-6,8,12,19H,4,7,9-10H2,1-3H3. The van der Waals surface area contributed by atoms with E-state index in [1.54, 1.807) is 18.2 Å². The third-order valence-electron chi connectivity index (χ3n) is 4.01. The number of methoxy groups -OCH3 is 2. The summed E-state index contributed by atoms with van der Waals surface area (Å²) < 4.78 is 10.5. The van der Waals surface area contributed by atoms with Crippen molar-refractivity contribution < 1.29 is 24.2 Å². The molecule has 1 unspecified atom stereocenters. The van der Waals surface area contributed by atoms with E-state index in [-0.39, 0.29) is 31.1 Å². The molecule has 2 amide bonds. The fourth-order valence-electron chi connectivity index (χ4n) is 2.68. The van der Waals surface area contributed by atoms with Gasteiger partial charge in [0, 0.05) is 19.4 Å². The van der Waals surface area contributed by atoms with Crippen LogP contribution in [0.25, 0.3) is 0 Å². The summed E-state index contributed by atoms with van der Waals surface area (Å²) in [6.45, 7) is 1.38. The third kappa shape index (κ3) is 3.56. The van der Waals surface area contributed by atoms with Gasteiger partial charge in [0.2, 0.25) is 11.8 Å². The summed E-state index contributed by atoms with van der Waals surface area (Å²) in [5.74, 6) is 0.789. The predicted molar refractivity (Wildman–Crippen MR) is 84.5 cm³/mol. The number of amides is 2. The lowest BCUT2D eigenvalue weighted by Gasteiger charge is -2.31. The Bertz CT molecular complexity index is 590. The third-order valence-corrected chi connectivity index (χ3v) is 4.01. The summed E-state index contributed by atoms with van der Waals surface area (Å²) in [5, 5.41) is 9.42. The number of carbonyl (C=O) groups excluding carboxylic acids is 2. The Labute approximate surface area is 135 Å². The highest BCUT2D eigenvalue weighted by molar-refractivity contribution is 5.94. The van der Waals surface area contributed by atoms with Gasteiger partial charge in [-0.3, -0.25) is 14.5 Å². The molecule has 1 aliphatic rings. The summed E-state index contributed by atoms with van der Waals surface area (Å²) in [5.41, 5.74) is 0.524. The maximum Gasteiger partial charge on any atom is 0.225 e. The van der Waals surface area contributed by atoms with Crippen molar-refractivity contribution in [1.29, 1.82) is 0 Å². The first kappa shape index (κ1) is 17.1. The van der Waals surface area contributed by atoms with Crippen LogP contribution in [0.15, 0.2) is 18.2 Å². The number of aliphatic hydroxyl groups excluding tert-OH is 1. The van der Waals surface area contributed by atoms with E-state index in [1.165, 1.54) is 30.9 Å². The van der Waals surface area contributed by atoms with Crippen molar-refractivity contribution in [3.63, 3.8) is 0 Å². The number of aliphatic hydroxyl groups is 1. The van der Waals surface area contributed by atoms with Crippen LogP contribution < -0.4 is 14.4 Å². The fraction of sp³-hybridized carbons (Fsp3) is 0.500. The van der Waals surface area contributed by atoms with Crippen LogP contribution in [0.2, 0.25) is 0 Å². The summed E-state index contributed by atoms with van der Waals surface area (Å²) >= 11 is 0. The molecule has 0 saturated carbocycles. The molecule has 1 aromatic rings. The monoisotopic (exact) mass is 322 g/mol. The molecule has 1 aliphatic heterocycles. The Balaban J connectivity index is 2.35. The minimum absolute atomic E-state index is 0.0721. The number of hydrogen-bond acceptors (Lipinski definition) is 5. The van der Waals surface area contributed by atoms with Gasteiger partial charge in [-0.2, -0.15) is 0 Å². The maximum atomic E-state index is 12.1. The van der Waals surface area contributed by atoms with E-state index >= 15 is 0 Å². The van der Waals surface area contributed by atoms with Gasteiger partial charge in [-0.25, -0.2) is 0 Å². The van der Waals surface area contributed by atoms with Crippen LogP contribution in [0.1, 0.15) is 19.8 Å². The lowest BCUT2D eigenvalue weighted by Crippen LogP contribution is -2.46. The minimum Gasteiger partial charge on any atom is -0.497 e. The highest BCUT2D eigenvalue weighted by Crippen LogP contribution is 2.33. The summed E-state index contributed by atoms with van der Waals surface area (Å²) in [7, 11) is 3.05. The van der Waals surface area contributed by atoms with Gasteiger partial charge in [-0.1, -0.05) is 0 Å². The number of hydrogen-bond donors (Lipinski definition) is 1. The highest BCUT2D eigenvalue weighted by Gasteiger charge is 2.33. The Morgan fingerprint density at radius 1 is 1.39 bits per heavy atom. The summed E-state index contributed by atoms with van der Waals surface area (Å²) in [6.07, 6.45) is 0.975. The number of likely N-dealkylation sites (tertiary alicyclic amines) is 1. The van der Waals surface area contributed by atoms with E-state index in [9.17, 15) is 14.7 Å². The van der Waals surface area contributed by atoms with Crippen LogP contribution in [-0.2, 0) is 9.59 Å². The predicted octanol–water partition coefficient (Wildman–Crippen LogP) is 0.997. The van der Waals surface area contributed by atoms with Crippen molar-refractivity contribution in [3.05, 3.63) is 18.2 Å². The second-order valence-corrected chi connectivity index (χ2v) is 5.36. The lowest BCUT2D eigenvalue weighted by molar-refractivity contribution is -0.129. The first-order valence-electron chi connectivity index (χ1n) is 7.42. The molecule has 1 fully saturated rings. The van der Waals surface area contributed by atoms with Gasteiger partial charge in [-0.15, -0.1) is 0 Å². The normalized spacial score (nSPS) is 17.3. The number of ether oxygens (including phenoxy) is 2. The zero-order valence-corrected chi connectivity index (χ0v) is 13.6. The number of benzene rings is 1. The average molecular weight is 322 g/mol. The van der Waals surface area contributed by atoms with E-state index in [2.05, 4.69) is 0 Å². The van der Waals surface area contributed by atoms with Gasteiger partial charge in [0.25, 0.3) is 0 Å². The molecule has 7 heteroatoms. The average Bonchev–Trinajstić information content (AvgIpc) is 2.91. The molecule has 1 saturated heterocycles. The largest absolute Gasteiger partial charge is 0.497 e. The van der Waals surface area contributed by atoms with E-state index in [0.717, 1.165) is 0 Å². The number of nitrogens with zero attached hydrogens (tertiary/aromatic N) is 2. The topological polar surface area (TPSA) is 79.3 Å². The molecule has 1 N–H and O–H groups in total. The zero-order valence-electron chi connectivity index (χ0n) is 13.6. The van der Waals surface area contributed by atoms with Crippen molar-refractivity contribution in [3.8, 4) is 11.5 Å². The van der Waals surface area contributed by atoms with Crippen molar-refractivity contribution in [2.24, 2.45) is 0 Å². The Hall–Kier alpha value is -2.28. The molecule has 0 spiro atoms. The quantitative estimate of drug-likeness (QED) is 0.845. The highest BCUT2D eigenvalue weighted by atomic mass is 16.5. The number of carbonyl (C=O) groups is 2. The lowest BCUT2D eigenvalue weighted by atomic mass is 10.2. The van der Waals surface area contributed by atoms with E-state index < -0.39 is 0 Å². The second kappa shape index (κ2) is 7.32. The maximum absolute atomic E-state index is 12.1. The van der Waals surface area contributed by atoms with E-state index in [0.29, 0.717) is 30.0 Å². The van der Waals surface area contributed by atoms with Crippen LogP contribution in [0.3, 0.4) is 0 Å². The molecule has 126 valence electrons. The van der Waals surface area contributed by atoms with Gasteiger partial charge in [0.05, 0.1) is 32.6 Å². The summed E-state index contributed by atoms with van der Waals surface area (Å²) in [6, 6.07) is 4.87. The fourth-order valence-corrected chi connectivity index (χ4v) is 2.68. The Kier molecular flexibility index (Phi) is 5.44. The van der Waals surface area contributed by atoms with Crippen molar-refractivity contribution in [2.45, 2.75) is 25.8 Å². The van der Waals surface area contributed by atoms with Gasteiger partial charge >= 0.3 is 0 Å². The van der Waals surface area contributed by atoms with Crippen LogP contribution in [0.5, 0.6) is 11.5 Å². The van der Waals surface area contributed by atoms with Crippen LogP contribution in [-0.4, -0.2) is 55.4 Å². The molecule has 2 rings (SSSR count). The second-order valence-electron chi connectivity index (χ2n) is 5.36. The molecular weight excluding hydrogens is 300 g/mol. The first-order valence-corrected chi connectivity index (χ1v) is 7.42. The smallest absolute Gasteiger partial charge is 0.225 e. The van der Waals surface area contributed by atoms with Crippen LogP contribution in [0, 0.1) is 0 Å². The first-order chi connectivity index (χ1) is 11.0. The Morgan fingerprint density at radius 3 is 2.70 bits per heavy atom. The zero-order chi connectivity index (χ0) is 17.0. The SMILES string of the molecule is COc1ccc(OC)c(N(CN2C(=O)CCC2CO)C(C)=O)c1. The Morgan fingerprint density at radius 2 is 2.13 bits per heavy atom. The molecule has 23 heavy (non-hydrogen) atoms. The van der Waals surface area contributed by atoms with E-state index in [4.69, 9.17) is 9.47 Å². The molecule has 0 radical (unpaired) electrons. The van der Waals surface area contributed by atoms with E-state index in [1.807, 2.05) is 0 Å². The molecule has 1 atom stereocenters. The minimum atomic E-state index is -0.263. The molecule has 0 bridgehead atoms. The molecule has 0 aliphatic carbocycles. The molecule has 1 heterocycles. The molecule has 1 aromatic carbocycles. The summed E-state index contributed by atoms with van der Waals surface area (Å²) in [4.78, 5) is 27.1. The van der Waals surface area contributed by atoms with Crippen molar-refractivity contribution in [1.82, 2.24) is 4.90 Å². The molecule has 0 aromatic heterocycles. The van der Waals surface area contributed by atoms with Gasteiger partial charge in [-0.05, 0) is 18.6 Å². The molecular formula is C16H22N2O5. The van der Waals surface area contributed by atoms with Gasteiger partial charge in [0.1, 0.15) is 18.2 Å². The van der Waals surface area contributed by atoms with Gasteiger partial charge < -0.3 is 19.5 Å². The number of rotatable bonds is 6. The van der Waals surface area contributed by atoms with Crippen LogP contribution >= 0.6 is 0 Å².